The molecule has 0 aliphatic heterocycles. The summed E-state index contributed by atoms with van der Waals surface area (Å²) in [5, 5.41) is 5.98. The van der Waals surface area contributed by atoms with Crippen molar-refractivity contribution in [2.75, 3.05) is 7.11 Å². The van der Waals surface area contributed by atoms with E-state index >= 15 is 0 Å². The van der Waals surface area contributed by atoms with E-state index in [0.29, 0.717) is 0 Å². The lowest BCUT2D eigenvalue weighted by molar-refractivity contribution is 0.407. The summed E-state index contributed by atoms with van der Waals surface area (Å²) in [6.07, 6.45) is 3.84. The van der Waals surface area contributed by atoms with Gasteiger partial charge < -0.3 is 10.1 Å². The number of fused-ring (bicyclic) bond motifs is 1. The molecule has 3 heteroatoms. The standard InChI is InChI=1S/C25H24N2O/c1-18-7-3-5-9-21(18)22-12-11-19(24-17-26-14-13-23(22)24)15-27-16-20-8-4-6-10-25(20)28-2/h3-14,17,27H,15-16H2,1-2H3. The average molecular weight is 368 g/mol. The van der Waals surface area contributed by atoms with E-state index in [1.54, 1.807) is 7.11 Å². The van der Waals surface area contributed by atoms with Gasteiger partial charge in [0.1, 0.15) is 5.75 Å². The third kappa shape index (κ3) is 3.62. The van der Waals surface area contributed by atoms with Crippen molar-refractivity contribution in [3.8, 4) is 16.9 Å². The van der Waals surface area contributed by atoms with Crippen LogP contribution in [0.5, 0.6) is 5.75 Å². The molecular formula is C25H24N2O. The predicted octanol–water partition coefficient (Wildman–Crippen LogP) is 5.51. The first-order chi connectivity index (χ1) is 13.8. The first-order valence-electron chi connectivity index (χ1n) is 9.52. The van der Waals surface area contributed by atoms with Crippen molar-refractivity contribution < 1.29 is 4.74 Å². The Balaban J connectivity index is 1.62. The lowest BCUT2D eigenvalue weighted by Crippen LogP contribution is -2.13. The van der Waals surface area contributed by atoms with E-state index in [2.05, 4.69) is 65.8 Å². The van der Waals surface area contributed by atoms with E-state index in [4.69, 9.17) is 4.74 Å². The molecule has 0 saturated carbocycles. The van der Waals surface area contributed by atoms with Crippen LogP contribution in [-0.2, 0) is 13.1 Å². The third-order valence-corrected chi connectivity index (χ3v) is 5.17. The Bertz CT molecular complexity index is 1100. The van der Waals surface area contributed by atoms with Crippen LogP contribution in [0.1, 0.15) is 16.7 Å². The summed E-state index contributed by atoms with van der Waals surface area (Å²) in [7, 11) is 1.71. The Hall–Kier alpha value is -3.17. The zero-order valence-corrected chi connectivity index (χ0v) is 16.3. The van der Waals surface area contributed by atoms with Crippen LogP contribution in [0.4, 0.5) is 0 Å². The molecule has 0 amide bonds. The van der Waals surface area contributed by atoms with Crippen molar-refractivity contribution in [3.63, 3.8) is 0 Å². The van der Waals surface area contributed by atoms with Crippen LogP contribution in [-0.4, -0.2) is 12.1 Å². The first-order valence-corrected chi connectivity index (χ1v) is 9.52. The molecule has 1 aromatic heterocycles. The number of methoxy groups -OCH3 is 1. The summed E-state index contributed by atoms with van der Waals surface area (Å²) in [6, 6.07) is 23.2. The monoisotopic (exact) mass is 368 g/mol. The fraction of sp³-hybridized carbons (Fsp3) is 0.160. The van der Waals surface area contributed by atoms with Crippen molar-refractivity contribution in [1.29, 1.82) is 0 Å². The van der Waals surface area contributed by atoms with Gasteiger partial charge in [0.25, 0.3) is 0 Å². The number of aryl methyl sites for hydroxylation is 1. The number of nitrogens with one attached hydrogen (secondary N) is 1. The van der Waals surface area contributed by atoms with E-state index in [1.807, 2.05) is 30.6 Å². The van der Waals surface area contributed by atoms with Crippen LogP contribution < -0.4 is 10.1 Å². The molecule has 28 heavy (non-hydrogen) atoms. The van der Waals surface area contributed by atoms with E-state index < -0.39 is 0 Å². The molecule has 140 valence electrons. The van der Waals surface area contributed by atoms with Gasteiger partial charge in [-0.15, -0.1) is 0 Å². The number of hydrogen-bond donors (Lipinski definition) is 1. The Morgan fingerprint density at radius 2 is 1.57 bits per heavy atom. The Morgan fingerprint density at radius 1 is 0.786 bits per heavy atom. The number of rotatable bonds is 6. The zero-order chi connectivity index (χ0) is 19.3. The second-order valence-electron chi connectivity index (χ2n) is 6.92. The molecule has 0 spiro atoms. The maximum atomic E-state index is 5.44. The van der Waals surface area contributed by atoms with Gasteiger partial charge in [0.2, 0.25) is 0 Å². The third-order valence-electron chi connectivity index (χ3n) is 5.17. The van der Waals surface area contributed by atoms with Crippen LogP contribution in [0.25, 0.3) is 21.9 Å². The molecule has 0 saturated heterocycles. The molecule has 0 fully saturated rings. The summed E-state index contributed by atoms with van der Waals surface area (Å²) in [6.45, 7) is 3.69. The molecule has 4 rings (SSSR count). The fourth-order valence-corrected chi connectivity index (χ4v) is 3.69. The van der Waals surface area contributed by atoms with Gasteiger partial charge in [-0.05, 0) is 46.7 Å². The number of nitrogens with zero attached hydrogens (tertiary/aromatic N) is 1. The minimum Gasteiger partial charge on any atom is -0.496 e. The molecule has 4 aromatic rings. The Morgan fingerprint density at radius 3 is 2.43 bits per heavy atom. The van der Waals surface area contributed by atoms with E-state index in [1.165, 1.54) is 33.0 Å². The molecule has 0 aliphatic rings. The molecule has 1 N–H and O–H groups in total. The van der Waals surface area contributed by atoms with Gasteiger partial charge in [0.15, 0.2) is 0 Å². The van der Waals surface area contributed by atoms with Gasteiger partial charge in [-0.3, -0.25) is 4.98 Å². The SMILES string of the molecule is COc1ccccc1CNCc1ccc(-c2ccccc2C)c2ccncc12. The number of aromatic nitrogens is 1. The van der Waals surface area contributed by atoms with Crippen molar-refractivity contribution in [2.45, 2.75) is 20.0 Å². The molecule has 0 unspecified atom stereocenters. The zero-order valence-electron chi connectivity index (χ0n) is 16.3. The molecule has 3 aromatic carbocycles. The Labute approximate surface area is 166 Å². The quantitative estimate of drug-likeness (QED) is 0.487. The number of pyridine rings is 1. The van der Waals surface area contributed by atoms with Crippen LogP contribution in [0, 0.1) is 6.92 Å². The van der Waals surface area contributed by atoms with Gasteiger partial charge >= 0.3 is 0 Å². The highest BCUT2D eigenvalue weighted by atomic mass is 16.5. The Kier molecular flexibility index (Phi) is 5.36. The minimum absolute atomic E-state index is 0.755. The smallest absolute Gasteiger partial charge is 0.123 e. The van der Waals surface area contributed by atoms with Crippen LogP contribution in [0.2, 0.25) is 0 Å². The molecule has 0 aliphatic carbocycles. The number of benzene rings is 3. The van der Waals surface area contributed by atoms with E-state index in [0.717, 1.165) is 24.4 Å². The highest BCUT2D eigenvalue weighted by molar-refractivity contribution is 5.98. The summed E-state index contributed by atoms with van der Waals surface area (Å²) >= 11 is 0. The summed E-state index contributed by atoms with van der Waals surface area (Å²) in [5.41, 5.74) is 6.21. The molecule has 0 bridgehead atoms. The maximum Gasteiger partial charge on any atom is 0.123 e. The van der Waals surface area contributed by atoms with Gasteiger partial charge in [-0.2, -0.15) is 0 Å². The number of hydrogen-bond acceptors (Lipinski definition) is 3. The largest absolute Gasteiger partial charge is 0.496 e. The first kappa shape index (κ1) is 18.2. The van der Waals surface area contributed by atoms with E-state index in [-0.39, 0.29) is 0 Å². The van der Waals surface area contributed by atoms with Crippen molar-refractivity contribution >= 4 is 10.8 Å². The number of para-hydroxylation sites is 1. The minimum atomic E-state index is 0.755. The lowest BCUT2D eigenvalue weighted by atomic mass is 9.94. The predicted molar refractivity (Wildman–Crippen MR) is 115 cm³/mol. The molecule has 0 atom stereocenters. The van der Waals surface area contributed by atoms with Crippen LogP contribution in [0.15, 0.2) is 79.1 Å². The second-order valence-corrected chi connectivity index (χ2v) is 6.92. The fourth-order valence-electron chi connectivity index (χ4n) is 3.69. The van der Waals surface area contributed by atoms with Gasteiger partial charge in [-0.25, -0.2) is 0 Å². The van der Waals surface area contributed by atoms with E-state index in [9.17, 15) is 0 Å². The normalized spacial score (nSPS) is 10.9. The summed E-state index contributed by atoms with van der Waals surface area (Å²) in [4.78, 5) is 4.38. The number of ether oxygens (including phenoxy) is 1. The highest BCUT2D eigenvalue weighted by Crippen LogP contribution is 2.32. The molecule has 3 nitrogen and oxygen atoms in total. The molecular weight excluding hydrogens is 344 g/mol. The highest BCUT2D eigenvalue weighted by Gasteiger charge is 2.10. The van der Waals surface area contributed by atoms with Crippen molar-refractivity contribution in [1.82, 2.24) is 10.3 Å². The van der Waals surface area contributed by atoms with Crippen LogP contribution >= 0.6 is 0 Å². The van der Waals surface area contributed by atoms with Gasteiger partial charge in [-0.1, -0.05) is 54.6 Å². The summed E-state index contributed by atoms with van der Waals surface area (Å²) < 4.78 is 5.44. The molecule has 0 radical (unpaired) electrons. The molecule has 1 heterocycles. The van der Waals surface area contributed by atoms with Gasteiger partial charge in [0, 0.05) is 36.4 Å². The van der Waals surface area contributed by atoms with Gasteiger partial charge in [0.05, 0.1) is 7.11 Å². The lowest BCUT2D eigenvalue weighted by Gasteiger charge is -2.14. The maximum absolute atomic E-state index is 5.44. The average Bonchev–Trinajstić information content (AvgIpc) is 2.75. The van der Waals surface area contributed by atoms with Crippen LogP contribution in [0.3, 0.4) is 0 Å². The summed E-state index contributed by atoms with van der Waals surface area (Å²) in [5.74, 6) is 0.913. The van der Waals surface area contributed by atoms with Crippen molar-refractivity contribution in [3.05, 3.63) is 95.8 Å². The second kappa shape index (κ2) is 8.24. The van der Waals surface area contributed by atoms with Crippen molar-refractivity contribution in [2.24, 2.45) is 0 Å². The topological polar surface area (TPSA) is 34.1 Å².